The predicted molar refractivity (Wildman–Crippen MR) is 119 cm³/mol. The molecule has 4 aromatic rings. The quantitative estimate of drug-likeness (QED) is 0.376. The van der Waals surface area contributed by atoms with E-state index in [1.54, 1.807) is 0 Å². The van der Waals surface area contributed by atoms with Gasteiger partial charge in [0.05, 0.1) is 5.69 Å². The van der Waals surface area contributed by atoms with Gasteiger partial charge in [-0.3, -0.25) is 0 Å². The van der Waals surface area contributed by atoms with Gasteiger partial charge in [0.1, 0.15) is 5.82 Å². The summed E-state index contributed by atoms with van der Waals surface area (Å²) in [4.78, 5) is 4.85. The molecule has 1 aromatic heterocycles. The number of benzene rings is 3. The summed E-state index contributed by atoms with van der Waals surface area (Å²) < 4.78 is 1.10. The molecule has 0 saturated heterocycles. The number of nitrogens with two attached hydrogens (primary N) is 1. The molecule has 1 heterocycles. The molecule has 1 unspecified atom stereocenters. The Morgan fingerprint density at radius 2 is 1.63 bits per heavy atom. The lowest BCUT2D eigenvalue weighted by Crippen LogP contribution is -2.15. The highest BCUT2D eigenvalue weighted by molar-refractivity contribution is 9.10. The van der Waals surface area contributed by atoms with Crippen LogP contribution in [-0.4, -0.2) is 4.98 Å². The third-order valence-electron chi connectivity index (χ3n) is 5.28. The number of fused-ring (bicyclic) bond motifs is 5. The first-order chi connectivity index (χ1) is 12.7. The molecule has 4 heteroatoms. The van der Waals surface area contributed by atoms with Gasteiger partial charge in [-0.15, -0.1) is 12.4 Å². The van der Waals surface area contributed by atoms with Crippen molar-refractivity contribution in [2.24, 2.45) is 0 Å². The first kappa shape index (κ1) is 18.0. The van der Waals surface area contributed by atoms with Gasteiger partial charge in [0.2, 0.25) is 0 Å². The molecule has 0 radical (unpaired) electrons. The zero-order chi connectivity index (χ0) is 17.7. The Bertz CT molecular complexity index is 1160. The molecule has 0 amide bonds. The van der Waals surface area contributed by atoms with E-state index in [9.17, 15) is 0 Å². The van der Waals surface area contributed by atoms with Gasteiger partial charge >= 0.3 is 0 Å². The van der Waals surface area contributed by atoms with Crippen molar-refractivity contribution in [3.05, 3.63) is 94.0 Å². The lowest BCUT2D eigenvalue weighted by atomic mass is 9.76. The minimum absolute atomic E-state index is 0. The fourth-order valence-corrected chi connectivity index (χ4v) is 4.54. The van der Waals surface area contributed by atoms with Crippen molar-refractivity contribution in [3.8, 4) is 11.3 Å². The SMILES string of the molecule is Cl.Nc1nc2c(c3ccccc13)C(c1cccc(Br)c1)Cc1ccccc1-2. The largest absolute Gasteiger partial charge is 0.383 e. The highest BCUT2D eigenvalue weighted by atomic mass is 79.9. The van der Waals surface area contributed by atoms with E-state index in [1.807, 2.05) is 6.07 Å². The van der Waals surface area contributed by atoms with Gasteiger partial charge in [0.25, 0.3) is 0 Å². The molecule has 1 aliphatic rings. The van der Waals surface area contributed by atoms with Gasteiger partial charge < -0.3 is 5.73 Å². The number of pyridine rings is 1. The minimum Gasteiger partial charge on any atom is -0.383 e. The molecule has 1 atom stereocenters. The summed E-state index contributed by atoms with van der Waals surface area (Å²) in [6, 6.07) is 25.5. The van der Waals surface area contributed by atoms with E-state index in [1.165, 1.54) is 27.6 Å². The second-order valence-corrected chi connectivity index (χ2v) is 7.69. The van der Waals surface area contributed by atoms with Crippen molar-refractivity contribution in [2.45, 2.75) is 12.3 Å². The zero-order valence-corrected chi connectivity index (χ0v) is 16.9. The number of nitrogens with zero attached hydrogens (tertiary/aromatic N) is 1. The summed E-state index contributed by atoms with van der Waals surface area (Å²) in [6.07, 6.45) is 0.967. The minimum atomic E-state index is 0. The van der Waals surface area contributed by atoms with E-state index in [2.05, 4.69) is 82.7 Å². The van der Waals surface area contributed by atoms with Crippen LogP contribution in [0.5, 0.6) is 0 Å². The third-order valence-corrected chi connectivity index (χ3v) is 5.77. The van der Waals surface area contributed by atoms with E-state index in [0.717, 1.165) is 22.0 Å². The smallest absolute Gasteiger partial charge is 0.131 e. The normalized spacial score (nSPS) is 14.9. The lowest BCUT2D eigenvalue weighted by molar-refractivity contribution is 0.794. The van der Waals surface area contributed by atoms with Crippen molar-refractivity contribution in [3.63, 3.8) is 0 Å². The van der Waals surface area contributed by atoms with Crippen LogP contribution in [-0.2, 0) is 6.42 Å². The van der Waals surface area contributed by atoms with Gasteiger partial charge in [0, 0.05) is 21.3 Å². The molecule has 2 N–H and O–H groups in total. The molecule has 5 rings (SSSR count). The molecule has 0 aliphatic heterocycles. The number of hydrogen-bond acceptors (Lipinski definition) is 2. The maximum absolute atomic E-state index is 6.33. The molecule has 27 heavy (non-hydrogen) atoms. The number of anilines is 1. The van der Waals surface area contributed by atoms with Crippen LogP contribution in [0.2, 0.25) is 0 Å². The molecule has 0 saturated carbocycles. The van der Waals surface area contributed by atoms with Crippen molar-refractivity contribution in [2.75, 3.05) is 5.73 Å². The van der Waals surface area contributed by atoms with E-state index in [-0.39, 0.29) is 18.3 Å². The maximum atomic E-state index is 6.33. The Balaban J connectivity index is 0.00000180. The Hall–Kier alpha value is -2.36. The molecule has 0 spiro atoms. The topological polar surface area (TPSA) is 38.9 Å². The van der Waals surface area contributed by atoms with Crippen LogP contribution in [0, 0.1) is 0 Å². The summed E-state index contributed by atoms with van der Waals surface area (Å²) in [6.45, 7) is 0. The highest BCUT2D eigenvalue weighted by Crippen LogP contribution is 2.46. The highest BCUT2D eigenvalue weighted by Gasteiger charge is 2.29. The molecule has 0 bridgehead atoms. The summed E-state index contributed by atoms with van der Waals surface area (Å²) >= 11 is 3.63. The average molecular weight is 438 g/mol. The molecule has 2 nitrogen and oxygen atoms in total. The molecular formula is C23H18BrClN2. The summed E-state index contributed by atoms with van der Waals surface area (Å²) in [5.74, 6) is 0.861. The van der Waals surface area contributed by atoms with Crippen LogP contribution in [0.25, 0.3) is 22.0 Å². The van der Waals surface area contributed by atoms with Crippen molar-refractivity contribution >= 4 is 44.9 Å². The van der Waals surface area contributed by atoms with E-state index in [0.29, 0.717) is 5.82 Å². The van der Waals surface area contributed by atoms with Gasteiger partial charge in [0.15, 0.2) is 0 Å². The monoisotopic (exact) mass is 436 g/mol. The van der Waals surface area contributed by atoms with Gasteiger partial charge in [-0.25, -0.2) is 4.98 Å². The van der Waals surface area contributed by atoms with Crippen molar-refractivity contribution < 1.29 is 0 Å². The number of hydrogen-bond donors (Lipinski definition) is 1. The van der Waals surface area contributed by atoms with Gasteiger partial charge in [-0.05, 0) is 40.6 Å². The summed E-state index contributed by atoms with van der Waals surface area (Å²) in [5.41, 5.74) is 12.5. The second kappa shape index (κ2) is 6.99. The maximum Gasteiger partial charge on any atom is 0.131 e. The molecular weight excluding hydrogens is 420 g/mol. The van der Waals surface area contributed by atoms with Crippen LogP contribution in [0.4, 0.5) is 5.82 Å². The Morgan fingerprint density at radius 3 is 2.44 bits per heavy atom. The summed E-state index contributed by atoms with van der Waals surface area (Å²) in [5, 5.41) is 2.24. The van der Waals surface area contributed by atoms with Crippen LogP contribution in [0.15, 0.2) is 77.3 Å². The predicted octanol–water partition coefficient (Wildman–Crippen LogP) is 6.36. The summed E-state index contributed by atoms with van der Waals surface area (Å²) in [7, 11) is 0. The third kappa shape index (κ3) is 2.91. The number of aromatic nitrogens is 1. The number of halogens is 2. The Kier molecular flexibility index (Phi) is 4.67. The molecule has 1 aliphatic carbocycles. The number of nitrogen functional groups attached to an aromatic ring is 1. The number of rotatable bonds is 1. The van der Waals surface area contributed by atoms with Crippen molar-refractivity contribution in [1.82, 2.24) is 4.98 Å². The van der Waals surface area contributed by atoms with Gasteiger partial charge in [-0.2, -0.15) is 0 Å². The van der Waals surface area contributed by atoms with Crippen LogP contribution in [0.3, 0.4) is 0 Å². The molecule has 134 valence electrons. The Morgan fingerprint density at radius 1 is 0.889 bits per heavy atom. The molecule has 3 aromatic carbocycles. The first-order valence-electron chi connectivity index (χ1n) is 8.74. The Labute approximate surface area is 173 Å². The fraction of sp³-hybridized carbons (Fsp3) is 0.0870. The van der Waals surface area contributed by atoms with Crippen LogP contribution >= 0.6 is 28.3 Å². The van der Waals surface area contributed by atoms with E-state index < -0.39 is 0 Å². The fourth-order valence-electron chi connectivity index (χ4n) is 4.13. The second-order valence-electron chi connectivity index (χ2n) is 6.77. The van der Waals surface area contributed by atoms with Crippen LogP contribution < -0.4 is 5.73 Å². The average Bonchev–Trinajstić information content (AvgIpc) is 2.67. The molecule has 0 fully saturated rings. The van der Waals surface area contributed by atoms with Gasteiger partial charge in [-0.1, -0.05) is 76.6 Å². The standard InChI is InChI=1S/C23H17BrN2.ClH/c24-16-8-5-7-14(12-16)20-13-15-6-1-2-9-17(15)22-21(20)18-10-3-4-11-19(18)23(25)26-22;/h1-12,20H,13H2,(H2,25,26);1H. The zero-order valence-electron chi connectivity index (χ0n) is 14.5. The van der Waals surface area contributed by atoms with Crippen molar-refractivity contribution in [1.29, 1.82) is 0 Å². The lowest BCUT2D eigenvalue weighted by Gasteiger charge is -2.29. The van der Waals surface area contributed by atoms with E-state index in [4.69, 9.17) is 10.7 Å². The van der Waals surface area contributed by atoms with E-state index >= 15 is 0 Å². The first-order valence-corrected chi connectivity index (χ1v) is 9.53. The van der Waals surface area contributed by atoms with Crippen LogP contribution in [0.1, 0.15) is 22.6 Å².